The van der Waals surface area contributed by atoms with E-state index >= 15 is 0 Å². The van der Waals surface area contributed by atoms with Gasteiger partial charge in [0.25, 0.3) is 0 Å². The number of hydrogen-bond acceptors (Lipinski definition) is 2. The van der Waals surface area contributed by atoms with Crippen LogP contribution in [0, 0.1) is 19.7 Å². The maximum Gasteiger partial charge on any atom is 0.207 e. The van der Waals surface area contributed by atoms with Gasteiger partial charge in [0.2, 0.25) is 5.95 Å². The van der Waals surface area contributed by atoms with Gasteiger partial charge in [-0.1, -0.05) is 6.92 Å². The summed E-state index contributed by atoms with van der Waals surface area (Å²) in [5.74, 6) is 0.484. The second-order valence-electron chi connectivity index (χ2n) is 4.56. The first-order chi connectivity index (χ1) is 9.02. The molecule has 0 bridgehead atoms. The van der Waals surface area contributed by atoms with Gasteiger partial charge in [-0.25, -0.2) is 9.37 Å². The number of anilines is 1. The van der Waals surface area contributed by atoms with Gasteiger partial charge >= 0.3 is 0 Å². The van der Waals surface area contributed by atoms with Crippen LogP contribution >= 0.6 is 15.9 Å². The molecule has 0 radical (unpaired) electrons. The third kappa shape index (κ3) is 2.97. The number of nitrogens with zero attached hydrogens (tertiary/aromatic N) is 2. The van der Waals surface area contributed by atoms with Gasteiger partial charge in [-0.05, 0) is 53.9 Å². The van der Waals surface area contributed by atoms with E-state index < -0.39 is 0 Å². The lowest BCUT2D eigenvalue weighted by molar-refractivity contribution is 0.619. The van der Waals surface area contributed by atoms with Gasteiger partial charge in [0.15, 0.2) is 0 Å². The summed E-state index contributed by atoms with van der Waals surface area (Å²) >= 11 is 3.20. The molecule has 0 atom stereocenters. The second kappa shape index (κ2) is 5.74. The Kier molecular flexibility index (Phi) is 4.24. The molecule has 0 aliphatic heterocycles. The third-order valence-electron chi connectivity index (χ3n) is 2.86. The molecule has 0 saturated heterocycles. The van der Waals surface area contributed by atoms with Gasteiger partial charge in [-0.15, -0.1) is 0 Å². The minimum atomic E-state index is -0.270. The normalized spacial score (nSPS) is 10.8. The SMILES string of the molecule is CCCNc1nc(C)cn1-c1cc(F)c(Br)cc1C. The smallest absolute Gasteiger partial charge is 0.207 e. The monoisotopic (exact) mass is 325 g/mol. The first-order valence-electron chi connectivity index (χ1n) is 6.28. The van der Waals surface area contributed by atoms with E-state index in [1.807, 2.05) is 24.6 Å². The molecule has 0 spiro atoms. The van der Waals surface area contributed by atoms with Crippen LogP contribution in [0.1, 0.15) is 24.6 Å². The molecule has 0 saturated carbocycles. The molecule has 0 fully saturated rings. The zero-order chi connectivity index (χ0) is 14.0. The molecule has 5 heteroatoms. The molecule has 0 amide bonds. The van der Waals surface area contributed by atoms with Crippen LogP contribution in [0.5, 0.6) is 0 Å². The molecule has 1 aromatic carbocycles. The van der Waals surface area contributed by atoms with E-state index in [1.165, 1.54) is 6.07 Å². The van der Waals surface area contributed by atoms with Crippen molar-refractivity contribution in [1.29, 1.82) is 0 Å². The van der Waals surface area contributed by atoms with Crippen LogP contribution in [0.4, 0.5) is 10.3 Å². The number of nitrogens with one attached hydrogen (secondary N) is 1. The molecule has 0 unspecified atom stereocenters. The molecule has 102 valence electrons. The lowest BCUT2D eigenvalue weighted by Gasteiger charge is -2.12. The number of aryl methyl sites for hydroxylation is 2. The fourth-order valence-electron chi connectivity index (χ4n) is 1.94. The summed E-state index contributed by atoms with van der Waals surface area (Å²) in [5.41, 5.74) is 2.70. The molecule has 19 heavy (non-hydrogen) atoms. The van der Waals surface area contributed by atoms with Gasteiger partial charge < -0.3 is 5.32 Å². The van der Waals surface area contributed by atoms with E-state index in [9.17, 15) is 4.39 Å². The van der Waals surface area contributed by atoms with Gasteiger partial charge in [0, 0.05) is 12.7 Å². The van der Waals surface area contributed by atoms with Gasteiger partial charge in [-0.2, -0.15) is 0 Å². The summed E-state index contributed by atoms with van der Waals surface area (Å²) in [6.07, 6.45) is 2.92. The van der Waals surface area contributed by atoms with Crippen molar-refractivity contribution in [2.45, 2.75) is 27.2 Å². The van der Waals surface area contributed by atoms with Crippen molar-refractivity contribution in [3.63, 3.8) is 0 Å². The predicted molar refractivity (Wildman–Crippen MR) is 79.5 cm³/mol. The molecule has 2 rings (SSSR count). The summed E-state index contributed by atoms with van der Waals surface area (Å²) in [4.78, 5) is 4.44. The molecule has 0 aliphatic rings. The van der Waals surface area contributed by atoms with Crippen LogP contribution < -0.4 is 5.32 Å². The quantitative estimate of drug-likeness (QED) is 0.912. The zero-order valence-electron chi connectivity index (χ0n) is 11.3. The van der Waals surface area contributed by atoms with Crippen molar-refractivity contribution < 1.29 is 4.39 Å². The Bertz CT molecular complexity index is 593. The predicted octanol–water partition coefficient (Wildman–Crippen LogP) is 4.21. The van der Waals surface area contributed by atoms with E-state index in [4.69, 9.17) is 0 Å². The average Bonchev–Trinajstić information content (AvgIpc) is 2.72. The lowest BCUT2D eigenvalue weighted by atomic mass is 10.2. The van der Waals surface area contributed by atoms with E-state index in [0.29, 0.717) is 4.47 Å². The first kappa shape index (κ1) is 14.1. The maximum atomic E-state index is 13.7. The Labute approximate surface area is 121 Å². The fraction of sp³-hybridized carbons (Fsp3) is 0.357. The van der Waals surface area contributed by atoms with Crippen molar-refractivity contribution in [3.8, 4) is 5.69 Å². The topological polar surface area (TPSA) is 29.9 Å². The molecular formula is C14H17BrFN3. The summed E-state index contributed by atoms with van der Waals surface area (Å²) in [6, 6.07) is 3.31. The van der Waals surface area contributed by atoms with Gasteiger partial charge in [-0.3, -0.25) is 4.57 Å². The number of hydrogen-bond donors (Lipinski definition) is 1. The first-order valence-corrected chi connectivity index (χ1v) is 7.08. The minimum absolute atomic E-state index is 0.270. The van der Waals surface area contributed by atoms with E-state index in [-0.39, 0.29) is 5.82 Å². The summed E-state index contributed by atoms with van der Waals surface area (Å²) in [5, 5.41) is 3.26. The van der Waals surface area contributed by atoms with E-state index in [1.54, 1.807) is 6.07 Å². The van der Waals surface area contributed by atoms with E-state index in [2.05, 4.69) is 33.2 Å². The highest BCUT2D eigenvalue weighted by Gasteiger charge is 2.12. The van der Waals surface area contributed by atoms with Crippen molar-refractivity contribution in [2.75, 3.05) is 11.9 Å². The molecule has 1 aromatic heterocycles. The van der Waals surface area contributed by atoms with Crippen LogP contribution in [0.25, 0.3) is 5.69 Å². The number of aromatic nitrogens is 2. The largest absolute Gasteiger partial charge is 0.355 e. The Morgan fingerprint density at radius 1 is 1.37 bits per heavy atom. The molecule has 1 N–H and O–H groups in total. The Hall–Kier alpha value is -1.36. The third-order valence-corrected chi connectivity index (χ3v) is 3.47. The summed E-state index contributed by atoms with van der Waals surface area (Å²) in [7, 11) is 0. The highest BCUT2D eigenvalue weighted by atomic mass is 79.9. The summed E-state index contributed by atoms with van der Waals surface area (Å²) in [6.45, 7) is 6.82. The maximum absolute atomic E-state index is 13.7. The fourth-order valence-corrected chi connectivity index (χ4v) is 2.40. The lowest BCUT2D eigenvalue weighted by Crippen LogP contribution is -2.07. The number of rotatable bonds is 4. The average molecular weight is 326 g/mol. The standard InChI is InChI=1S/C14H17BrFN3/c1-4-5-17-14-18-10(3)8-19(14)13-7-12(16)11(15)6-9(13)2/h6-8H,4-5H2,1-3H3,(H,17,18). The van der Waals surface area contributed by atoms with Crippen LogP contribution in [-0.4, -0.2) is 16.1 Å². The Morgan fingerprint density at radius 3 is 2.79 bits per heavy atom. The van der Waals surface area contributed by atoms with E-state index in [0.717, 1.165) is 35.9 Å². The number of halogens is 2. The molecular weight excluding hydrogens is 309 g/mol. The molecule has 0 aliphatic carbocycles. The highest BCUT2D eigenvalue weighted by molar-refractivity contribution is 9.10. The van der Waals surface area contributed by atoms with Gasteiger partial charge in [0.1, 0.15) is 5.82 Å². The number of benzene rings is 1. The Morgan fingerprint density at radius 2 is 2.11 bits per heavy atom. The minimum Gasteiger partial charge on any atom is -0.355 e. The van der Waals surface area contributed by atoms with Crippen LogP contribution in [0.2, 0.25) is 0 Å². The van der Waals surface area contributed by atoms with Crippen LogP contribution in [-0.2, 0) is 0 Å². The zero-order valence-corrected chi connectivity index (χ0v) is 12.9. The molecule has 1 heterocycles. The van der Waals surface area contributed by atoms with Crippen LogP contribution in [0.15, 0.2) is 22.8 Å². The molecule has 2 aromatic rings. The number of imidazole rings is 1. The Balaban J connectivity index is 2.49. The van der Waals surface area contributed by atoms with Crippen LogP contribution in [0.3, 0.4) is 0 Å². The summed E-state index contributed by atoms with van der Waals surface area (Å²) < 4.78 is 16.1. The second-order valence-corrected chi connectivity index (χ2v) is 5.41. The van der Waals surface area contributed by atoms with Crippen molar-refractivity contribution in [1.82, 2.24) is 9.55 Å². The molecule has 3 nitrogen and oxygen atoms in total. The van der Waals surface area contributed by atoms with Crippen molar-refractivity contribution in [2.24, 2.45) is 0 Å². The van der Waals surface area contributed by atoms with Crippen molar-refractivity contribution >= 4 is 21.9 Å². The highest BCUT2D eigenvalue weighted by Crippen LogP contribution is 2.25. The van der Waals surface area contributed by atoms with Gasteiger partial charge in [0.05, 0.1) is 15.9 Å². The van der Waals surface area contributed by atoms with Crippen molar-refractivity contribution in [3.05, 3.63) is 39.9 Å².